The highest BCUT2D eigenvalue weighted by Crippen LogP contribution is 2.14. The summed E-state index contributed by atoms with van der Waals surface area (Å²) in [5.74, 6) is -0.00287. The maximum atomic E-state index is 12.5. The van der Waals surface area contributed by atoms with Crippen LogP contribution in [0.1, 0.15) is 34.4 Å². The molecule has 0 aliphatic rings. The summed E-state index contributed by atoms with van der Waals surface area (Å²) in [5, 5.41) is 6.92. The van der Waals surface area contributed by atoms with Gasteiger partial charge < -0.3 is 4.90 Å². The molecule has 0 radical (unpaired) electrons. The van der Waals surface area contributed by atoms with Crippen LogP contribution in [0.2, 0.25) is 0 Å². The molecule has 2 heterocycles. The predicted octanol–water partition coefficient (Wildman–Crippen LogP) is 2.08. The Morgan fingerprint density at radius 1 is 1.37 bits per heavy atom. The lowest BCUT2D eigenvalue weighted by Crippen LogP contribution is -2.31. The second-order valence-corrected chi connectivity index (χ2v) is 4.45. The van der Waals surface area contributed by atoms with E-state index in [4.69, 9.17) is 0 Å². The van der Waals surface area contributed by atoms with Crippen molar-refractivity contribution in [2.24, 2.45) is 0 Å². The molecule has 1 amide bonds. The molecule has 0 bridgehead atoms. The lowest BCUT2D eigenvalue weighted by atomic mass is 10.1. The molecule has 0 aliphatic carbocycles. The van der Waals surface area contributed by atoms with E-state index in [1.165, 1.54) is 0 Å². The third kappa shape index (κ3) is 2.81. The number of carbonyl (C=O) groups is 1. The Morgan fingerprint density at radius 2 is 2.16 bits per heavy atom. The van der Waals surface area contributed by atoms with Crippen LogP contribution in [0.5, 0.6) is 0 Å². The average Bonchev–Trinajstić information content (AvgIpc) is 2.76. The molecule has 0 unspecified atom stereocenters. The van der Waals surface area contributed by atoms with E-state index in [1.807, 2.05) is 39.0 Å². The third-order valence-corrected chi connectivity index (χ3v) is 3.09. The van der Waals surface area contributed by atoms with E-state index in [0.717, 1.165) is 17.1 Å². The van der Waals surface area contributed by atoms with Gasteiger partial charge in [0.15, 0.2) is 0 Å². The van der Waals surface area contributed by atoms with Crippen molar-refractivity contribution in [3.05, 3.63) is 47.0 Å². The Balaban J connectivity index is 2.21. The van der Waals surface area contributed by atoms with Gasteiger partial charge in [-0.3, -0.25) is 14.9 Å². The van der Waals surface area contributed by atoms with Crippen molar-refractivity contribution in [2.45, 2.75) is 27.3 Å². The highest BCUT2D eigenvalue weighted by atomic mass is 16.2. The van der Waals surface area contributed by atoms with Crippen LogP contribution in [0.25, 0.3) is 0 Å². The first-order valence-electron chi connectivity index (χ1n) is 6.34. The number of amides is 1. The van der Waals surface area contributed by atoms with E-state index in [9.17, 15) is 4.79 Å². The molecule has 0 saturated heterocycles. The van der Waals surface area contributed by atoms with Crippen LogP contribution in [-0.2, 0) is 6.54 Å². The fraction of sp³-hybridized carbons (Fsp3) is 0.357. The van der Waals surface area contributed by atoms with Crippen molar-refractivity contribution in [3.63, 3.8) is 0 Å². The summed E-state index contributed by atoms with van der Waals surface area (Å²) in [6.07, 6.45) is 1.74. The molecular formula is C14H18N4O. The van der Waals surface area contributed by atoms with Gasteiger partial charge in [-0.2, -0.15) is 5.10 Å². The number of pyridine rings is 1. The van der Waals surface area contributed by atoms with Crippen LogP contribution >= 0.6 is 0 Å². The van der Waals surface area contributed by atoms with Crippen LogP contribution in [0, 0.1) is 13.8 Å². The topological polar surface area (TPSA) is 61.9 Å². The van der Waals surface area contributed by atoms with Crippen molar-refractivity contribution in [1.29, 1.82) is 0 Å². The normalized spacial score (nSPS) is 10.5. The molecule has 5 nitrogen and oxygen atoms in total. The molecule has 19 heavy (non-hydrogen) atoms. The molecule has 2 aromatic heterocycles. The summed E-state index contributed by atoms with van der Waals surface area (Å²) >= 11 is 0. The van der Waals surface area contributed by atoms with Crippen molar-refractivity contribution in [2.75, 3.05) is 6.54 Å². The molecule has 1 N–H and O–H groups in total. The van der Waals surface area contributed by atoms with E-state index in [0.29, 0.717) is 18.7 Å². The van der Waals surface area contributed by atoms with E-state index in [2.05, 4.69) is 15.2 Å². The van der Waals surface area contributed by atoms with E-state index < -0.39 is 0 Å². The number of hydrogen-bond donors (Lipinski definition) is 1. The van der Waals surface area contributed by atoms with Crippen LogP contribution in [0.4, 0.5) is 0 Å². The van der Waals surface area contributed by atoms with Gasteiger partial charge in [0.25, 0.3) is 5.91 Å². The molecule has 0 aromatic carbocycles. The monoisotopic (exact) mass is 258 g/mol. The first-order chi connectivity index (χ1) is 9.13. The number of nitrogens with zero attached hydrogens (tertiary/aromatic N) is 3. The smallest absolute Gasteiger partial charge is 0.257 e. The number of H-pyrrole nitrogens is 1. The first kappa shape index (κ1) is 13.3. The Bertz CT molecular complexity index is 543. The van der Waals surface area contributed by atoms with Gasteiger partial charge in [0, 0.05) is 18.4 Å². The Kier molecular flexibility index (Phi) is 3.94. The van der Waals surface area contributed by atoms with Gasteiger partial charge in [0.1, 0.15) is 0 Å². The van der Waals surface area contributed by atoms with Gasteiger partial charge >= 0.3 is 0 Å². The van der Waals surface area contributed by atoms with Crippen molar-refractivity contribution >= 4 is 5.91 Å². The van der Waals surface area contributed by atoms with Crippen molar-refractivity contribution in [1.82, 2.24) is 20.1 Å². The molecule has 5 heteroatoms. The zero-order valence-corrected chi connectivity index (χ0v) is 11.5. The highest BCUT2D eigenvalue weighted by molar-refractivity contribution is 5.96. The largest absolute Gasteiger partial charge is 0.333 e. The third-order valence-electron chi connectivity index (χ3n) is 3.09. The quantitative estimate of drug-likeness (QED) is 0.913. The Morgan fingerprint density at radius 3 is 2.68 bits per heavy atom. The summed E-state index contributed by atoms with van der Waals surface area (Å²) in [5.41, 5.74) is 3.10. The SMILES string of the molecule is CCN(Cc1ccccn1)C(=O)c1c(C)n[nH]c1C. The van der Waals surface area contributed by atoms with Gasteiger partial charge in [-0.15, -0.1) is 0 Å². The molecule has 2 aromatic rings. The highest BCUT2D eigenvalue weighted by Gasteiger charge is 2.21. The van der Waals surface area contributed by atoms with Gasteiger partial charge in [-0.1, -0.05) is 6.07 Å². The van der Waals surface area contributed by atoms with Gasteiger partial charge in [-0.05, 0) is 32.9 Å². The zero-order chi connectivity index (χ0) is 13.8. The second-order valence-electron chi connectivity index (χ2n) is 4.45. The standard InChI is InChI=1S/C14H18N4O/c1-4-18(9-12-7-5-6-8-15-12)14(19)13-10(2)16-17-11(13)3/h5-8H,4,9H2,1-3H3,(H,16,17). The second kappa shape index (κ2) is 5.65. The molecule has 0 fully saturated rings. The molecule has 100 valence electrons. The summed E-state index contributed by atoms with van der Waals surface area (Å²) in [7, 11) is 0. The van der Waals surface area contributed by atoms with Crippen molar-refractivity contribution < 1.29 is 4.79 Å². The minimum Gasteiger partial charge on any atom is -0.333 e. The Hall–Kier alpha value is -2.17. The number of aromatic amines is 1. The summed E-state index contributed by atoms with van der Waals surface area (Å²) in [4.78, 5) is 18.5. The fourth-order valence-corrected chi connectivity index (χ4v) is 2.04. The van der Waals surface area contributed by atoms with Crippen molar-refractivity contribution in [3.8, 4) is 0 Å². The maximum absolute atomic E-state index is 12.5. The number of carbonyl (C=O) groups excluding carboxylic acids is 1. The Labute approximate surface area is 112 Å². The number of rotatable bonds is 4. The average molecular weight is 258 g/mol. The molecule has 0 aliphatic heterocycles. The summed E-state index contributed by atoms with van der Waals surface area (Å²) in [6.45, 7) is 6.82. The summed E-state index contributed by atoms with van der Waals surface area (Å²) < 4.78 is 0. The van der Waals surface area contributed by atoms with Crippen LogP contribution < -0.4 is 0 Å². The molecule has 0 saturated carbocycles. The minimum absolute atomic E-state index is 0.00287. The molecular weight excluding hydrogens is 240 g/mol. The molecule has 2 rings (SSSR count). The van der Waals surface area contributed by atoms with E-state index >= 15 is 0 Å². The molecule has 0 spiro atoms. The van der Waals surface area contributed by atoms with Crippen LogP contribution in [0.15, 0.2) is 24.4 Å². The fourth-order valence-electron chi connectivity index (χ4n) is 2.04. The van der Waals surface area contributed by atoms with Gasteiger partial charge in [0.2, 0.25) is 0 Å². The number of nitrogens with one attached hydrogen (secondary N) is 1. The number of hydrogen-bond acceptors (Lipinski definition) is 3. The van der Waals surface area contributed by atoms with Crippen LogP contribution in [0.3, 0.4) is 0 Å². The number of aromatic nitrogens is 3. The lowest BCUT2D eigenvalue weighted by molar-refractivity contribution is 0.0749. The van der Waals surface area contributed by atoms with Gasteiger partial charge in [0.05, 0.1) is 23.5 Å². The first-order valence-corrected chi connectivity index (χ1v) is 6.34. The zero-order valence-electron chi connectivity index (χ0n) is 11.5. The minimum atomic E-state index is -0.00287. The predicted molar refractivity (Wildman–Crippen MR) is 72.7 cm³/mol. The van der Waals surface area contributed by atoms with E-state index in [-0.39, 0.29) is 5.91 Å². The number of aryl methyl sites for hydroxylation is 2. The molecule has 0 atom stereocenters. The van der Waals surface area contributed by atoms with Crippen LogP contribution in [-0.4, -0.2) is 32.5 Å². The summed E-state index contributed by atoms with van der Waals surface area (Å²) in [6, 6.07) is 5.71. The maximum Gasteiger partial charge on any atom is 0.257 e. The van der Waals surface area contributed by atoms with E-state index in [1.54, 1.807) is 11.1 Å². The lowest BCUT2D eigenvalue weighted by Gasteiger charge is -2.20. The van der Waals surface area contributed by atoms with Gasteiger partial charge in [-0.25, -0.2) is 0 Å².